The van der Waals surface area contributed by atoms with Gasteiger partial charge in [-0.15, -0.1) is 0 Å². The molecule has 0 aliphatic carbocycles. The third-order valence-electron chi connectivity index (χ3n) is 2.02. The molecule has 68 valence electrons. The summed E-state index contributed by atoms with van der Waals surface area (Å²) in [5.74, 6) is 5.90. The van der Waals surface area contributed by atoms with Crippen molar-refractivity contribution >= 4 is 0 Å². The van der Waals surface area contributed by atoms with Crippen LogP contribution in [-0.4, -0.2) is 19.3 Å². The largest absolute Gasteiger partial charge is 0.380 e. The molecule has 0 aliphatic heterocycles. The zero-order valence-corrected chi connectivity index (χ0v) is 7.92. The van der Waals surface area contributed by atoms with Gasteiger partial charge in [-0.25, -0.2) is 0 Å². The van der Waals surface area contributed by atoms with E-state index >= 15 is 0 Å². The topological polar surface area (TPSA) is 47.3 Å². The third-order valence-corrected chi connectivity index (χ3v) is 2.02. The van der Waals surface area contributed by atoms with Crippen molar-refractivity contribution in [1.82, 2.24) is 5.43 Å². The summed E-state index contributed by atoms with van der Waals surface area (Å²) < 4.78 is 5.27. The molecule has 3 heteroatoms. The van der Waals surface area contributed by atoms with Gasteiger partial charge < -0.3 is 4.74 Å². The van der Waals surface area contributed by atoms with Gasteiger partial charge >= 0.3 is 0 Å². The predicted molar refractivity (Wildman–Crippen MR) is 47.0 cm³/mol. The Bertz CT molecular complexity index is 92.1. The minimum atomic E-state index is 0.222. The van der Waals surface area contributed by atoms with Crippen LogP contribution in [0.15, 0.2) is 0 Å². The number of hydrogen-bond acceptors (Lipinski definition) is 3. The molecular weight excluding hydrogens is 140 g/mol. The lowest BCUT2D eigenvalue weighted by atomic mass is 9.97. The standard InChI is InChI=1S/C8H20N2O/c1-5-7(11-4)8(10-9)6(2)3/h6-8,10H,5,9H2,1-4H3. The number of hydrazine groups is 1. The second kappa shape index (κ2) is 5.52. The van der Waals surface area contributed by atoms with E-state index in [0.29, 0.717) is 5.92 Å². The summed E-state index contributed by atoms with van der Waals surface area (Å²) in [5, 5.41) is 0. The maximum atomic E-state index is 5.40. The molecule has 2 unspecified atom stereocenters. The fourth-order valence-electron chi connectivity index (χ4n) is 1.30. The number of nitrogens with one attached hydrogen (secondary N) is 1. The number of ether oxygens (including phenoxy) is 1. The van der Waals surface area contributed by atoms with E-state index in [1.807, 2.05) is 0 Å². The van der Waals surface area contributed by atoms with E-state index in [1.165, 1.54) is 0 Å². The van der Waals surface area contributed by atoms with Crippen molar-refractivity contribution in [2.24, 2.45) is 11.8 Å². The van der Waals surface area contributed by atoms with Crippen LogP contribution in [0.3, 0.4) is 0 Å². The van der Waals surface area contributed by atoms with E-state index in [1.54, 1.807) is 7.11 Å². The molecule has 0 aromatic heterocycles. The highest BCUT2D eigenvalue weighted by atomic mass is 16.5. The lowest BCUT2D eigenvalue weighted by molar-refractivity contribution is 0.0501. The summed E-state index contributed by atoms with van der Waals surface area (Å²) in [4.78, 5) is 0. The molecule has 0 saturated heterocycles. The van der Waals surface area contributed by atoms with Crippen LogP contribution in [0.4, 0.5) is 0 Å². The maximum Gasteiger partial charge on any atom is 0.0737 e. The Hall–Kier alpha value is -0.120. The molecule has 0 heterocycles. The van der Waals surface area contributed by atoms with Gasteiger partial charge in [0.05, 0.1) is 6.10 Å². The van der Waals surface area contributed by atoms with Crippen LogP contribution in [0.1, 0.15) is 27.2 Å². The van der Waals surface area contributed by atoms with Crippen molar-refractivity contribution in [1.29, 1.82) is 0 Å². The van der Waals surface area contributed by atoms with Crippen molar-refractivity contribution in [3.63, 3.8) is 0 Å². The van der Waals surface area contributed by atoms with Crippen molar-refractivity contribution < 1.29 is 4.74 Å². The highest BCUT2D eigenvalue weighted by Crippen LogP contribution is 2.10. The smallest absolute Gasteiger partial charge is 0.0737 e. The lowest BCUT2D eigenvalue weighted by Crippen LogP contribution is -2.47. The Morgan fingerprint density at radius 2 is 2.00 bits per heavy atom. The molecule has 0 saturated carbocycles. The van der Waals surface area contributed by atoms with Crippen molar-refractivity contribution in [3.8, 4) is 0 Å². The fraction of sp³-hybridized carbons (Fsp3) is 1.00. The van der Waals surface area contributed by atoms with E-state index in [2.05, 4.69) is 26.2 Å². The molecule has 0 aliphatic rings. The highest BCUT2D eigenvalue weighted by molar-refractivity contribution is 4.76. The molecule has 0 radical (unpaired) electrons. The quantitative estimate of drug-likeness (QED) is 0.464. The predicted octanol–water partition coefficient (Wildman–Crippen LogP) is 0.899. The summed E-state index contributed by atoms with van der Waals surface area (Å²) in [6.45, 7) is 6.36. The SMILES string of the molecule is CCC(OC)C(NN)C(C)C. The van der Waals surface area contributed by atoms with E-state index in [0.717, 1.165) is 6.42 Å². The minimum Gasteiger partial charge on any atom is -0.380 e. The molecule has 0 bridgehead atoms. The second-order valence-electron chi connectivity index (χ2n) is 3.12. The van der Waals surface area contributed by atoms with Crippen LogP contribution in [-0.2, 0) is 4.74 Å². The average Bonchev–Trinajstić information content (AvgIpc) is 1.99. The molecule has 0 fully saturated rings. The first-order valence-electron chi connectivity index (χ1n) is 4.16. The van der Waals surface area contributed by atoms with Crippen LogP contribution in [0.5, 0.6) is 0 Å². The Morgan fingerprint density at radius 3 is 2.09 bits per heavy atom. The van der Waals surface area contributed by atoms with Crippen LogP contribution in [0.2, 0.25) is 0 Å². The number of hydrogen-bond donors (Lipinski definition) is 2. The summed E-state index contributed by atoms with van der Waals surface area (Å²) >= 11 is 0. The van der Waals surface area contributed by atoms with E-state index in [9.17, 15) is 0 Å². The van der Waals surface area contributed by atoms with Gasteiger partial charge in [0, 0.05) is 13.2 Å². The zero-order valence-electron chi connectivity index (χ0n) is 7.92. The van der Waals surface area contributed by atoms with Gasteiger partial charge in [0.25, 0.3) is 0 Å². The Kier molecular flexibility index (Phi) is 5.46. The minimum absolute atomic E-state index is 0.222. The molecule has 11 heavy (non-hydrogen) atoms. The van der Waals surface area contributed by atoms with Crippen molar-refractivity contribution in [2.75, 3.05) is 7.11 Å². The molecular formula is C8H20N2O. The van der Waals surface area contributed by atoms with Crippen LogP contribution < -0.4 is 11.3 Å². The molecule has 0 amide bonds. The van der Waals surface area contributed by atoms with Gasteiger partial charge in [-0.3, -0.25) is 11.3 Å². The summed E-state index contributed by atoms with van der Waals surface area (Å²) in [5.41, 5.74) is 2.78. The summed E-state index contributed by atoms with van der Waals surface area (Å²) in [6.07, 6.45) is 1.21. The van der Waals surface area contributed by atoms with Crippen LogP contribution >= 0.6 is 0 Å². The molecule has 3 nitrogen and oxygen atoms in total. The number of rotatable bonds is 5. The van der Waals surface area contributed by atoms with E-state index < -0.39 is 0 Å². The first-order chi connectivity index (χ1) is 5.17. The molecule has 0 rings (SSSR count). The van der Waals surface area contributed by atoms with Gasteiger partial charge in [-0.1, -0.05) is 20.8 Å². The van der Waals surface area contributed by atoms with E-state index in [-0.39, 0.29) is 12.1 Å². The zero-order chi connectivity index (χ0) is 8.85. The third kappa shape index (κ3) is 3.18. The lowest BCUT2D eigenvalue weighted by Gasteiger charge is -2.27. The highest BCUT2D eigenvalue weighted by Gasteiger charge is 2.20. The Labute approximate surface area is 69.3 Å². The van der Waals surface area contributed by atoms with Crippen molar-refractivity contribution in [3.05, 3.63) is 0 Å². The summed E-state index contributed by atoms with van der Waals surface area (Å²) in [7, 11) is 1.72. The van der Waals surface area contributed by atoms with Gasteiger partial charge in [0.15, 0.2) is 0 Å². The van der Waals surface area contributed by atoms with Crippen LogP contribution in [0, 0.1) is 5.92 Å². The molecule has 3 N–H and O–H groups in total. The maximum absolute atomic E-state index is 5.40. The molecule has 0 spiro atoms. The van der Waals surface area contributed by atoms with Crippen LogP contribution in [0.25, 0.3) is 0 Å². The normalized spacial score (nSPS) is 16.9. The molecule has 0 aromatic rings. The fourth-order valence-corrected chi connectivity index (χ4v) is 1.30. The first kappa shape index (κ1) is 10.9. The van der Waals surface area contributed by atoms with Gasteiger partial charge in [0.1, 0.15) is 0 Å². The Morgan fingerprint density at radius 1 is 1.45 bits per heavy atom. The monoisotopic (exact) mass is 160 g/mol. The number of nitrogens with two attached hydrogens (primary N) is 1. The number of methoxy groups -OCH3 is 1. The first-order valence-corrected chi connectivity index (χ1v) is 4.16. The van der Waals surface area contributed by atoms with Gasteiger partial charge in [0.2, 0.25) is 0 Å². The molecule has 2 atom stereocenters. The Balaban J connectivity index is 3.98. The van der Waals surface area contributed by atoms with E-state index in [4.69, 9.17) is 10.6 Å². The summed E-state index contributed by atoms with van der Waals surface area (Å²) in [6, 6.07) is 0.255. The average molecular weight is 160 g/mol. The van der Waals surface area contributed by atoms with Gasteiger partial charge in [-0.2, -0.15) is 0 Å². The second-order valence-corrected chi connectivity index (χ2v) is 3.12. The molecule has 0 aromatic carbocycles. The van der Waals surface area contributed by atoms with Gasteiger partial charge in [-0.05, 0) is 12.3 Å². The van der Waals surface area contributed by atoms with Crippen molar-refractivity contribution in [2.45, 2.75) is 39.3 Å².